The minimum atomic E-state index is -6.22. The Hall–Kier alpha value is -4.10. The quantitative estimate of drug-likeness (QED) is 0.0434. The van der Waals surface area contributed by atoms with Crippen LogP contribution in [-0.2, 0) is 30.7 Å². The molecule has 11 nitrogen and oxygen atoms in total. The Balaban J connectivity index is 0.00000112. The average molecular weight is 757 g/mol. The van der Waals surface area contributed by atoms with Gasteiger partial charge in [0.15, 0.2) is 0 Å². The van der Waals surface area contributed by atoms with Crippen LogP contribution in [0.3, 0.4) is 0 Å². The van der Waals surface area contributed by atoms with Crippen LogP contribution in [-0.4, -0.2) is 86.2 Å². The number of methoxy groups -OCH3 is 1. The Kier molecular flexibility index (Phi) is 14.9. The first-order valence-electron chi connectivity index (χ1n) is 14.6. The van der Waals surface area contributed by atoms with Crippen LogP contribution < -0.4 is 4.18 Å². The van der Waals surface area contributed by atoms with Gasteiger partial charge in [0.2, 0.25) is 0 Å². The second-order valence-electron chi connectivity index (χ2n) is 11.4. The minimum absolute atomic E-state index is 0.126. The molecule has 2 unspecified atom stereocenters. The molecule has 0 N–H and O–H groups in total. The number of pyridine rings is 1. The van der Waals surface area contributed by atoms with Gasteiger partial charge in [-0.3, -0.25) is 9.91 Å². The molecule has 3 rings (SSSR count). The lowest BCUT2D eigenvalue weighted by Gasteiger charge is -2.44. The molecule has 2 aromatic rings. The van der Waals surface area contributed by atoms with Crippen LogP contribution in [0.25, 0.3) is 16.2 Å². The smallest absolute Gasteiger partial charge is 0.499 e. The first kappa shape index (κ1) is 42.1. The predicted molar refractivity (Wildman–Crippen MR) is 178 cm³/mol. The highest BCUT2D eigenvalue weighted by atomic mass is 32.2. The van der Waals surface area contributed by atoms with E-state index >= 15 is 0 Å². The van der Waals surface area contributed by atoms with E-state index in [0.717, 1.165) is 5.38 Å². The largest absolute Gasteiger partial charge is 0.534 e. The Morgan fingerprint density at radius 3 is 2.42 bits per heavy atom. The molecule has 1 fully saturated rings. The zero-order valence-electron chi connectivity index (χ0n) is 28.1. The molecule has 0 spiro atoms. The van der Waals surface area contributed by atoms with Crippen LogP contribution in [0.5, 0.6) is 5.88 Å². The fourth-order valence-corrected chi connectivity index (χ4v) is 5.88. The van der Waals surface area contributed by atoms with Crippen LogP contribution in [0, 0.1) is 5.82 Å². The fraction of sp³-hybridized carbons (Fsp3) is 0.452. The van der Waals surface area contributed by atoms with Crippen molar-refractivity contribution in [2.24, 2.45) is 5.10 Å². The molecule has 278 valence electrons. The highest BCUT2D eigenvalue weighted by Gasteiger charge is 2.49. The molecule has 2 atom stereocenters. The number of carbonyl (C=O) groups is 1. The molecule has 0 aliphatic carbocycles. The monoisotopic (exact) mass is 756 g/mol. The summed E-state index contributed by atoms with van der Waals surface area (Å²) in [4.78, 5) is 18.3. The third kappa shape index (κ3) is 10.9. The number of rotatable bonds is 11. The van der Waals surface area contributed by atoms with Crippen molar-refractivity contribution < 1.29 is 57.9 Å². The number of amides is 1. The normalized spacial score (nSPS) is 18.2. The summed E-state index contributed by atoms with van der Waals surface area (Å²) >= 11 is 0.471. The van der Waals surface area contributed by atoms with E-state index in [2.05, 4.69) is 32.3 Å². The van der Waals surface area contributed by atoms with Gasteiger partial charge in [0.1, 0.15) is 28.6 Å². The molecule has 1 amide bonds. The van der Waals surface area contributed by atoms with E-state index in [4.69, 9.17) is 9.47 Å². The molecular formula is C31H38F6N4O7S2. The molecular weight excluding hydrogens is 718 g/mol. The van der Waals surface area contributed by atoms with Gasteiger partial charge in [0.25, 0.3) is 5.88 Å². The molecule has 0 saturated carbocycles. The van der Waals surface area contributed by atoms with Gasteiger partial charge in [-0.25, -0.2) is 22.9 Å². The molecule has 0 aromatic carbocycles. The lowest BCUT2D eigenvalue weighted by atomic mass is 10.0. The van der Waals surface area contributed by atoms with Crippen LogP contribution in [0.1, 0.15) is 45.9 Å². The number of aromatic nitrogens is 1. The van der Waals surface area contributed by atoms with E-state index < -0.39 is 67.0 Å². The van der Waals surface area contributed by atoms with E-state index in [0.29, 0.717) is 42.4 Å². The van der Waals surface area contributed by atoms with E-state index in [9.17, 15) is 39.6 Å². The lowest BCUT2D eigenvalue weighted by Crippen LogP contribution is -2.57. The van der Waals surface area contributed by atoms with Gasteiger partial charge in [-0.05, 0) is 40.7 Å². The van der Waals surface area contributed by atoms with Crippen LogP contribution in [0.4, 0.5) is 31.1 Å². The Morgan fingerprint density at radius 1 is 1.22 bits per heavy atom. The highest BCUT2D eigenvalue weighted by molar-refractivity contribution is 7.88. The van der Waals surface area contributed by atoms with Crippen molar-refractivity contribution in [3.63, 3.8) is 0 Å². The summed E-state index contributed by atoms with van der Waals surface area (Å²) < 4.78 is 124. The van der Waals surface area contributed by atoms with Crippen molar-refractivity contribution in [1.82, 2.24) is 14.9 Å². The zero-order valence-corrected chi connectivity index (χ0v) is 29.7. The van der Waals surface area contributed by atoms with E-state index in [1.807, 2.05) is 0 Å². The van der Waals surface area contributed by atoms with Gasteiger partial charge < -0.3 is 18.4 Å². The predicted octanol–water partition coefficient (Wildman–Crippen LogP) is 7.62. The van der Waals surface area contributed by atoms with Crippen molar-refractivity contribution in [3.05, 3.63) is 65.3 Å². The van der Waals surface area contributed by atoms with Crippen molar-refractivity contribution in [2.45, 2.75) is 64.2 Å². The summed E-state index contributed by atoms with van der Waals surface area (Å²) in [6.45, 7) is 16.7. The third-order valence-corrected chi connectivity index (χ3v) is 8.48. The third-order valence-electron chi connectivity index (χ3n) is 6.59. The molecule has 1 aliphatic heterocycles. The van der Waals surface area contributed by atoms with Crippen LogP contribution in [0.15, 0.2) is 53.3 Å². The number of nitrogens with zero attached hydrogens (tertiary/aromatic N) is 4. The maximum atomic E-state index is 15.0. The van der Waals surface area contributed by atoms with Gasteiger partial charge in [-0.1, -0.05) is 12.7 Å². The Bertz CT molecular complexity index is 1720. The molecule has 2 aromatic heterocycles. The SMILES string of the molecule is C=COCCOC.C=NN1CC(C)N(C(=O)OC(C)(C)C)C(C)/C1=C/Cc1nc(OS(=O)(=O)C(F)(F)F)c2scc(F)c2c1C=C(F)/C=C/F. The van der Waals surface area contributed by atoms with E-state index in [1.165, 1.54) is 22.2 Å². The van der Waals surface area contributed by atoms with Gasteiger partial charge in [0, 0.05) is 42.7 Å². The van der Waals surface area contributed by atoms with Crippen LogP contribution in [0.2, 0.25) is 0 Å². The second kappa shape index (κ2) is 17.7. The summed E-state index contributed by atoms with van der Waals surface area (Å²) in [7, 11) is -4.59. The summed E-state index contributed by atoms with van der Waals surface area (Å²) in [6.07, 6.45) is 2.79. The molecule has 19 heteroatoms. The Labute approximate surface area is 290 Å². The number of allylic oxidation sites excluding steroid dienone is 3. The number of ether oxygens (including phenoxy) is 3. The molecule has 0 bridgehead atoms. The summed E-state index contributed by atoms with van der Waals surface area (Å²) in [6, 6.07) is -1.12. The molecule has 0 radical (unpaired) electrons. The fourth-order valence-electron chi connectivity index (χ4n) is 4.56. The molecule has 50 heavy (non-hydrogen) atoms. The Morgan fingerprint density at radius 2 is 1.88 bits per heavy atom. The van der Waals surface area contributed by atoms with Crippen molar-refractivity contribution in [1.29, 1.82) is 0 Å². The summed E-state index contributed by atoms with van der Waals surface area (Å²) in [5.41, 5.74) is -6.94. The lowest BCUT2D eigenvalue weighted by molar-refractivity contribution is -0.0501. The number of piperazine rings is 1. The number of carbonyl (C=O) groups excluding carboxylic acids is 1. The van der Waals surface area contributed by atoms with Crippen LogP contribution >= 0.6 is 11.3 Å². The van der Waals surface area contributed by atoms with Gasteiger partial charge >= 0.3 is 21.7 Å². The van der Waals surface area contributed by atoms with Gasteiger partial charge in [-0.2, -0.15) is 26.7 Å². The molecule has 1 aliphatic rings. The number of hydrogen-bond donors (Lipinski definition) is 0. The molecule has 1 saturated heterocycles. The number of hydrogen-bond acceptors (Lipinski definition) is 11. The number of alkyl halides is 3. The topological polar surface area (TPSA) is 120 Å². The number of halogens is 6. The van der Waals surface area contributed by atoms with Gasteiger partial charge in [-0.15, -0.1) is 11.3 Å². The van der Waals surface area contributed by atoms with E-state index in [-0.39, 0.29) is 30.6 Å². The zero-order chi connectivity index (χ0) is 38.0. The maximum absolute atomic E-state index is 15.0. The second-order valence-corrected chi connectivity index (χ2v) is 13.8. The number of fused-ring (bicyclic) bond motifs is 1. The maximum Gasteiger partial charge on any atom is 0.534 e. The summed E-state index contributed by atoms with van der Waals surface area (Å²) in [5, 5.41) is 5.76. The first-order chi connectivity index (χ1) is 23.2. The average Bonchev–Trinajstić information content (AvgIpc) is 3.38. The van der Waals surface area contributed by atoms with Crippen molar-refractivity contribution in [2.75, 3.05) is 26.9 Å². The van der Waals surface area contributed by atoms with Crippen molar-refractivity contribution >= 4 is 50.4 Å². The minimum Gasteiger partial charge on any atom is -0.499 e. The summed E-state index contributed by atoms with van der Waals surface area (Å²) in [5.74, 6) is -3.33. The first-order valence-corrected chi connectivity index (χ1v) is 16.9. The highest BCUT2D eigenvalue weighted by Crippen LogP contribution is 2.39. The standard InChI is InChI=1S/C26H28F6N4O5S2.C5H10O2/c1-14-12-35(33-6)20(15(2)36(14)24(37)40-25(3,4)5)8-7-19-17(11-16(28)9-10-27)21-18(29)13-42-22(21)23(34-19)41-43(38,39)26(30,31)32;1-3-7-5-4-6-2/h8-11,13-15H,6-7,12H2,1-5H3;3H,1,4-5H2,2H3/b10-9+,16-11?,20-8-;. The van der Waals surface area contributed by atoms with E-state index in [1.54, 1.807) is 41.7 Å². The number of thiophene rings is 1. The van der Waals surface area contributed by atoms with Gasteiger partial charge in [0.05, 0.1) is 49.2 Å². The van der Waals surface area contributed by atoms with Crippen molar-refractivity contribution in [3.8, 4) is 5.88 Å². The molecule has 3 heterocycles. The number of hydrazone groups is 1.